The smallest absolute Gasteiger partial charge is 0.347 e. The van der Waals surface area contributed by atoms with E-state index in [2.05, 4.69) is 4.98 Å². The van der Waals surface area contributed by atoms with Gasteiger partial charge >= 0.3 is 5.69 Å². The van der Waals surface area contributed by atoms with Gasteiger partial charge in [0.15, 0.2) is 0 Å². The summed E-state index contributed by atoms with van der Waals surface area (Å²) in [4.78, 5) is 29.6. The van der Waals surface area contributed by atoms with Crippen LogP contribution in [0.2, 0.25) is 0 Å². The largest absolute Gasteiger partial charge is 0.393 e. The molecule has 0 aliphatic carbocycles. The molecule has 0 bridgehead atoms. The van der Waals surface area contributed by atoms with Crippen molar-refractivity contribution in [1.82, 2.24) is 14.5 Å². The number of rotatable bonds is 5. The van der Waals surface area contributed by atoms with E-state index < -0.39 is 11.3 Å². The fourth-order valence-electron chi connectivity index (χ4n) is 3.15. The van der Waals surface area contributed by atoms with Crippen LogP contribution in [0.5, 0.6) is 0 Å². The first-order valence-corrected chi connectivity index (χ1v) is 8.61. The van der Waals surface area contributed by atoms with Gasteiger partial charge in [0, 0.05) is 25.4 Å². The van der Waals surface area contributed by atoms with E-state index in [1.54, 1.807) is 17.2 Å². The number of hydrogen-bond acceptors (Lipinski definition) is 5. The van der Waals surface area contributed by atoms with Crippen molar-refractivity contribution < 1.29 is 14.6 Å². The lowest BCUT2D eigenvalue weighted by atomic mass is 9.92. The lowest BCUT2D eigenvalue weighted by Gasteiger charge is -2.42. The molecule has 1 N–H and O–H groups in total. The van der Waals surface area contributed by atoms with E-state index in [4.69, 9.17) is 4.74 Å². The van der Waals surface area contributed by atoms with Crippen molar-refractivity contribution in [2.75, 3.05) is 26.3 Å². The molecule has 1 aliphatic heterocycles. The Morgan fingerprint density at radius 3 is 2.81 bits per heavy atom. The molecule has 1 aliphatic rings. The lowest BCUT2D eigenvalue weighted by molar-refractivity contribution is -0.158. The molecule has 3 rings (SSSR count). The Morgan fingerprint density at radius 1 is 1.35 bits per heavy atom. The topological polar surface area (TPSA) is 84.7 Å². The number of morpholine rings is 1. The van der Waals surface area contributed by atoms with Crippen LogP contribution in [0, 0.1) is 6.92 Å². The molecule has 1 aromatic carbocycles. The van der Waals surface area contributed by atoms with Gasteiger partial charge in [-0.15, -0.1) is 0 Å². The lowest BCUT2D eigenvalue weighted by Crippen LogP contribution is -2.57. The number of aryl methyl sites for hydroxylation is 1. The molecule has 7 nitrogen and oxygen atoms in total. The minimum atomic E-state index is -0.830. The average Bonchev–Trinajstić information content (AvgIpc) is 2.66. The molecule has 0 unspecified atom stereocenters. The zero-order valence-corrected chi connectivity index (χ0v) is 14.8. The van der Waals surface area contributed by atoms with E-state index in [0.29, 0.717) is 19.6 Å². The highest BCUT2D eigenvalue weighted by molar-refractivity contribution is 5.76. The predicted octanol–water partition coefficient (Wildman–Crippen LogP) is 0.384. The Balaban J connectivity index is 1.71. The Morgan fingerprint density at radius 2 is 2.12 bits per heavy atom. The van der Waals surface area contributed by atoms with E-state index in [-0.39, 0.29) is 25.6 Å². The fraction of sp³-hybridized carbons (Fsp3) is 0.421. The number of carbonyl (C=O) groups is 1. The molecule has 2 heterocycles. The van der Waals surface area contributed by atoms with Crippen LogP contribution in [0.15, 0.2) is 47.5 Å². The van der Waals surface area contributed by atoms with Crippen LogP contribution >= 0.6 is 0 Å². The molecule has 26 heavy (non-hydrogen) atoms. The van der Waals surface area contributed by atoms with Gasteiger partial charge in [-0.25, -0.2) is 9.78 Å². The summed E-state index contributed by atoms with van der Waals surface area (Å²) in [6.45, 7) is 2.83. The zero-order valence-electron chi connectivity index (χ0n) is 14.8. The summed E-state index contributed by atoms with van der Waals surface area (Å²) < 4.78 is 7.15. The van der Waals surface area contributed by atoms with Crippen molar-refractivity contribution in [3.8, 4) is 0 Å². The first-order valence-electron chi connectivity index (χ1n) is 8.61. The maximum atomic E-state index is 12.6. The van der Waals surface area contributed by atoms with Crippen molar-refractivity contribution in [2.45, 2.75) is 25.5 Å². The Bertz CT molecular complexity index is 818. The van der Waals surface area contributed by atoms with Gasteiger partial charge in [0.05, 0.1) is 19.8 Å². The molecule has 2 aromatic rings. The highest BCUT2D eigenvalue weighted by Gasteiger charge is 2.38. The van der Waals surface area contributed by atoms with Crippen LogP contribution in [0.25, 0.3) is 0 Å². The van der Waals surface area contributed by atoms with Gasteiger partial charge in [0.2, 0.25) is 5.91 Å². The monoisotopic (exact) mass is 357 g/mol. The van der Waals surface area contributed by atoms with E-state index in [9.17, 15) is 14.7 Å². The summed E-state index contributed by atoms with van der Waals surface area (Å²) in [6.07, 6.45) is 3.45. The van der Waals surface area contributed by atoms with Crippen molar-refractivity contribution in [3.63, 3.8) is 0 Å². The summed E-state index contributed by atoms with van der Waals surface area (Å²) in [7, 11) is 0. The second kappa shape index (κ2) is 7.80. The van der Waals surface area contributed by atoms with E-state index >= 15 is 0 Å². The fourth-order valence-corrected chi connectivity index (χ4v) is 3.15. The number of hydrogen-bond donors (Lipinski definition) is 1. The Kier molecular flexibility index (Phi) is 5.49. The maximum Gasteiger partial charge on any atom is 0.347 e. The maximum absolute atomic E-state index is 12.6. The van der Waals surface area contributed by atoms with E-state index in [0.717, 1.165) is 11.1 Å². The van der Waals surface area contributed by atoms with Gasteiger partial charge in [0.25, 0.3) is 0 Å². The van der Waals surface area contributed by atoms with Crippen molar-refractivity contribution in [1.29, 1.82) is 0 Å². The number of aliphatic hydroxyl groups excluding tert-OH is 1. The molecule has 0 spiro atoms. The molecule has 1 aromatic heterocycles. The molecule has 1 amide bonds. The number of carbonyl (C=O) groups excluding carboxylic acids is 1. The second-order valence-corrected chi connectivity index (χ2v) is 6.70. The number of benzene rings is 1. The molecule has 0 saturated carbocycles. The molecule has 0 radical (unpaired) electrons. The van der Waals surface area contributed by atoms with Crippen molar-refractivity contribution in [3.05, 3.63) is 64.3 Å². The van der Waals surface area contributed by atoms with Crippen LogP contribution in [-0.2, 0) is 22.5 Å². The third-order valence-corrected chi connectivity index (χ3v) is 4.62. The highest BCUT2D eigenvalue weighted by atomic mass is 16.5. The molecule has 7 heteroatoms. The quantitative estimate of drug-likeness (QED) is 0.837. The number of amides is 1. The van der Waals surface area contributed by atoms with Crippen LogP contribution < -0.4 is 5.69 Å². The SMILES string of the molecule is Cc1ccc(C[C@@]2(CO)CN(C(=O)Cn3cccnc3=O)CCO2)cc1. The molecule has 1 atom stereocenters. The van der Waals surface area contributed by atoms with Gasteiger partial charge in [-0.1, -0.05) is 29.8 Å². The average molecular weight is 357 g/mol. The molecule has 138 valence electrons. The number of nitrogens with zero attached hydrogens (tertiary/aromatic N) is 3. The summed E-state index contributed by atoms with van der Waals surface area (Å²) in [5.74, 6) is -0.190. The minimum absolute atomic E-state index is 0.0707. The summed E-state index contributed by atoms with van der Waals surface area (Å²) in [6, 6.07) is 9.66. The number of ether oxygens (including phenoxy) is 1. The summed E-state index contributed by atoms with van der Waals surface area (Å²) in [5, 5.41) is 9.96. The van der Waals surface area contributed by atoms with Gasteiger partial charge < -0.3 is 14.7 Å². The first-order chi connectivity index (χ1) is 12.5. The number of aliphatic hydroxyl groups is 1. The summed E-state index contributed by atoms with van der Waals surface area (Å²) in [5.41, 5.74) is 0.919. The normalized spacial score (nSPS) is 20.2. The minimum Gasteiger partial charge on any atom is -0.393 e. The van der Waals surface area contributed by atoms with Crippen molar-refractivity contribution in [2.24, 2.45) is 0 Å². The van der Waals surface area contributed by atoms with Crippen LogP contribution in [0.1, 0.15) is 11.1 Å². The summed E-state index contributed by atoms with van der Waals surface area (Å²) >= 11 is 0. The van der Waals surface area contributed by atoms with Crippen molar-refractivity contribution >= 4 is 5.91 Å². The van der Waals surface area contributed by atoms with E-state index in [1.165, 1.54) is 10.8 Å². The van der Waals surface area contributed by atoms with Gasteiger partial charge in [-0.2, -0.15) is 0 Å². The second-order valence-electron chi connectivity index (χ2n) is 6.70. The Labute approximate surface area is 151 Å². The van der Waals surface area contributed by atoms with Gasteiger partial charge in [-0.05, 0) is 18.6 Å². The molecular weight excluding hydrogens is 334 g/mol. The molecule has 1 fully saturated rings. The van der Waals surface area contributed by atoms with Gasteiger partial charge in [0.1, 0.15) is 12.1 Å². The highest BCUT2D eigenvalue weighted by Crippen LogP contribution is 2.23. The third kappa shape index (κ3) is 4.17. The van der Waals surface area contributed by atoms with Crippen LogP contribution in [0.4, 0.5) is 0 Å². The van der Waals surface area contributed by atoms with Gasteiger partial charge in [-0.3, -0.25) is 9.36 Å². The predicted molar refractivity (Wildman–Crippen MR) is 95.7 cm³/mol. The first kappa shape index (κ1) is 18.3. The van der Waals surface area contributed by atoms with E-state index in [1.807, 2.05) is 31.2 Å². The molecular formula is C19H23N3O4. The molecule has 1 saturated heterocycles. The third-order valence-electron chi connectivity index (χ3n) is 4.62. The Hall–Kier alpha value is -2.51. The van der Waals surface area contributed by atoms with Crippen LogP contribution in [0.3, 0.4) is 0 Å². The zero-order chi connectivity index (χ0) is 18.6. The van der Waals surface area contributed by atoms with Crippen LogP contribution in [-0.4, -0.2) is 57.4 Å². The standard InChI is InChI=1S/C19H23N3O4/c1-15-3-5-16(6-4-15)11-19(14-23)13-22(9-10-26-19)17(24)12-21-8-2-7-20-18(21)25/h2-8,23H,9-14H2,1H3/t19-/m0/s1. The number of aromatic nitrogens is 2.